The first kappa shape index (κ1) is 28.5. The summed E-state index contributed by atoms with van der Waals surface area (Å²) in [5.41, 5.74) is 9.26. The number of fused-ring (bicyclic) bond motifs is 11. The lowest BCUT2D eigenvalue weighted by Gasteiger charge is -2.16. The highest BCUT2D eigenvalue weighted by Crippen LogP contribution is 2.44. The Labute approximate surface area is 302 Å². The smallest absolute Gasteiger partial charge is 0.162 e. The third-order valence-corrected chi connectivity index (χ3v) is 10.9. The molecule has 0 aliphatic rings. The molecule has 0 N–H and O–H groups in total. The normalized spacial score (nSPS) is 12.2. The molecule has 12 aromatic rings. The van der Waals surface area contributed by atoms with Gasteiger partial charge in [0.05, 0.1) is 33.3 Å². The van der Waals surface area contributed by atoms with Gasteiger partial charge in [0.2, 0.25) is 0 Å². The molecule has 12 rings (SSSR count). The second-order valence-corrected chi connectivity index (χ2v) is 13.8. The van der Waals surface area contributed by atoms with Crippen molar-refractivity contribution in [2.75, 3.05) is 0 Å². The predicted octanol–water partition coefficient (Wildman–Crippen LogP) is 12.5. The van der Waals surface area contributed by atoms with Crippen molar-refractivity contribution in [1.29, 1.82) is 0 Å². The zero-order chi connectivity index (χ0) is 34.6. The molecule has 0 bridgehead atoms. The molecule has 8 aromatic carbocycles. The van der Waals surface area contributed by atoms with Gasteiger partial charge in [0.1, 0.15) is 17.0 Å². The molecular weight excluding hydrogens is 649 g/mol. The first-order valence-corrected chi connectivity index (χ1v) is 17.9. The van der Waals surface area contributed by atoms with Crippen LogP contribution in [0.3, 0.4) is 0 Å². The number of furan rings is 1. The predicted molar refractivity (Wildman–Crippen MR) is 218 cm³/mol. The number of para-hydroxylation sites is 5. The standard InChI is InChI=1S/C48H28N4O/c1-2-14-31-29(13-1)28-42-45(46(31)51-39-21-9-4-15-32(39)33-16-5-10-22-40(33)51)36-19-6-11-23-41(36)52(42)48-35-18-3-8-20-38(35)49-47(50-48)30-25-26-44-37(27-30)34-17-7-12-24-43(34)53-44/h1-28H. The van der Waals surface area contributed by atoms with E-state index >= 15 is 0 Å². The van der Waals surface area contributed by atoms with E-state index in [1.807, 2.05) is 24.3 Å². The van der Waals surface area contributed by atoms with E-state index in [0.717, 1.165) is 60.6 Å². The van der Waals surface area contributed by atoms with Gasteiger partial charge in [-0.3, -0.25) is 4.57 Å². The van der Waals surface area contributed by atoms with Crippen molar-refractivity contribution >= 4 is 87.2 Å². The molecule has 0 spiro atoms. The molecule has 0 aliphatic carbocycles. The van der Waals surface area contributed by atoms with Crippen LogP contribution in [-0.2, 0) is 0 Å². The highest BCUT2D eigenvalue weighted by Gasteiger charge is 2.24. The van der Waals surface area contributed by atoms with Crippen LogP contribution in [0, 0.1) is 0 Å². The molecule has 5 nitrogen and oxygen atoms in total. The summed E-state index contributed by atoms with van der Waals surface area (Å²) in [5, 5.41) is 10.3. The average Bonchev–Trinajstić information content (AvgIpc) is 3.87. The molecule has 0 fully saturated rings. The Morgan fingerprint density at radius 3 is 1.75 bits per heavy atom. The van der Waals surface area contributed by atoms with Crippen LogP contribution < -0.4 is 0 Å². The van der Waals surface area contributed by atoms with Gasteiger partial charge in [-0.15, -0.1) is 0 Å². The topological polar surface area (TPSA) is 48.8 Å². The molecule has 0 aliphatic heterocycles. The lowest BCUT2D eigenvalue weighted by atomic mass is 10.0. The molecule has 0 radical (unpaired) electrons. The summed E-state index contributed by atoms with van der Waals surface area (Å²) in [5.74, 6) is 1.51. The second kappa shape index (κ2) is 10.6. The minimum atomic E-state index is 0.667. The third-order valence-electron chi connectivity index (χ3n) is 10.9. The van der Waals surface area contributed by atoms with Gasteiger partial charge in [0, 0.05) is 48.7 Å². The van der Waals surface area contributed by atoms with Gasteiger partial charge in [0.25, 0.3) is 0 Å². The van der Waals surface area contributed by atoms with Gasteiger partial charge in [-0.05, 0) is 66.0 Å². The largest absolute Gasteiger partial charge is 0.456 e. The van der Waals surface area contributed by atoms with Crippen molar-refractivity contribution in [2.45, 2.75) is 0 Å². The molecule has 0 atom stereocenters. The van der Waals surface area contributed by atoms with Gasteiger partial charge in [0.15, 0.2) is 5.82 Å². The van der Waals surface area contributed by atoms with E-state index < -0.39 is 0 Å². The molecule has 0 saturated carbocycles. The van der Waals surface area contributed by atoms with Crippen molar-refractivity contribution in [3.63, 3.8) is 0 Å². The van der Waals surface area contributed by atoms with Crippen LogP contribution in [-0.4, -0.2) is 19.1 Å². The first-order valence-electron chi connectivity index (χ1n) is 17.9. The fraction of sp³-hybridized carbons (Fsp3) is 0. The van der Waals surface area contributed by atoms with E-state index in [1.165, 1.54) is 43.7 Å². The van der Waals surface area contributed by atoms with E-state index in [1.54, 1.807) is 0 Å². The van der Waals surface area contributed by atoms with Gasteiger partial charge in [-0.2, -0.15) is 0 Å². The number of nitrogens with zero attached hydrogens (tertiary/aromatic N) is 4. The summed E-state index contributed by atoms with van der Waals surface area (Å²) < 4.78 is 11.0. The molecule has 4 aromatic heterocycles. The van der Waals surface area contributed by atoms with E-state index in [-0.39, 0.29) is 0 Å². The van der Waals surface area contributed by atoms with E-state index in [4.69, 9.17) is 14.4 Å². The molecule has 0 amide bonds. The van der Waals surface area contributed by atoms with Gasteiger partial charge in [-0.1, -0.05) is 109 Å². The number of hydrogen-bond acceptors (Lipinski definition) is 3. The molecule has 4 heterocycles. The lowest BCUT2D eigenvalue weighted by molar-refractivity contribution is 0.669. The average molecular weight is 677 g/mol. The zero-order valence-corrected chi connectivity index (χ0v) is 28.4. The highest BCUT2D eigenvalue weighted by atomic mass is 16.3. The molecular formula is C48H28N4O. The number of aromatic nitrogens is 4. The summed E-state index contributed by atoms with van der Waals surface area (Å²) in [6.07, 6.45) is 0. The number of hydrogen-bond donors (Lipinski definition) is 0. The second-order valence-electron chi connectivity index (χ2n) is 13.8. The molecule has 0 unspecified atom stereocenters. The summed E-state index contributed by atoms with van der Waals surface area (Å²) in [7, 11) is 0. The van der Waals surface area contributed by atoms with Crippen LogP contribution in [0.15, 0.2) is 174 Å². The maximum atomic E-state index is 6.18. The van der Waals surface area contributed by atoms with Crippen LogP contribution in [0.5, 0.6) is 0 Å². The Hall–Kier alpha value is -7.24. The number of rotatable bonds is 3. The molecule has 0 saturated heterocycles. The fourth-order valence-corrected chi connectivity index (χ4v) is 8.61. The Morgan fingerprint density at radius 1 is 0.396 bits per heavy atom. The van der Waals surface area contributed by atoms with Crippen molar-refractivity contribution in [1.82, 2.24) is 19.1 Å². The van der Waals surface area contributed by atoms with Crippen molar-refractivity contribution in [2.24, 2.45) is 0 Å². The summed E-state index contributed by atoms with van der Waals surface area (Å²) in [4.78, 5) is 10.6. The van der Waals surface area contributed by atoms with Crippen molar-refractivity contribution in [3.8, 4) is 22.9 Å². The summed E-state index contributed by atoms with van der Waals surface area (Å²) >= 11 is 0. The Kier molecular flexibility index (Phi) is 5.71. The quantitative estimate of drug-likeness (QED) is 0.187. The Morgan fingerprint density at radius 2 is 0.981 bits per heavy atom. The zero-order valence-electron chi connectivity index (χ0n) is 28.4. The monoisotopic (exact) mass is 676 g/mol. The van der Waals surface area contributed by atoms with Crippen molar-refractivity contribution in [3.05, 3.63) is 170 Å². The highest BCUT2D eigenvalue weighted by molar-refractivity contribution is 6.22. The van der Waals surface area contributed by atoms with E-state index in [0.29, 0.717) is 5.82 Å². The maximum Gasteiger partial charge on any atom is 0.162 e. The minimum Gasteiger partial charge on any atom is -0.456 e. The van der Waals surface area contributed by atoms with Crippen LogP contribution in [0.1, 0.15) is 0 Å². The lowest BCUT2D eigenvalue weighted by Crippen LogP contribution is -2.03. The summed E-state index contributed by atoms with van der Waals surface area (Å²) in [6.45, 7) is 0. The first-order chi connectivity index (χ1) is 26.3. The fourth-order valence-electron chi connectivity index (χ4n) is 8.61. The van der Waals surface area contributed by atoms with Gasteiger partial charge in [-0.25, -0.2) is 9.97 Å². The van der Waals surface area contributed by atoms with Gasteiger partial charge < -0.3 is 8.98 Å². The maximum absolute atomic E-state index is 6.18. The van der Waals surface area contributed by atoms with Gasteiger partial charge >= 0.3 is 0 Å². The molecule has 53 heavy (non-hydrogen) atoms. The number of benzene rings is 8. The van der Waals surface area contributed by atoms with Crippen LogP contribution in [0.25, 0.3) is 110 Å². The van der Waals surface area contributed by atoms with Crippen LogP contribution in [0.2, 0.25) is 0 Å². The third kappa shape index (κ3) is 3.96. The van der Waals surface area contributed by atoms with Crippen LogP contribution >= 0.6 is 0 Å². The van der Waals surface area contributed by atoms with E-state index in [2.05, 4.69) is 155 Å². The van der Waals surface area contributed by atoms with Crippen molar-refractivity contribution < 1.29 is 4.42 Å². The Bertz CT molecular complexity index is 3420. The van der Waals surface area contributed by atoms with Crippen LogP contribution in [0.4, 0.5) is 0 Å². The van der Waals surface area contributed by atoms with E-state index in [9.17, 15) is 0 Å². The summed E-state index contributed by atoms with van der Waals surface area (Å²) in [6, 6.07) is 60.1. The molecule has 5 heteroatoms. The molecule has 246 valence electrons. The minimum absolute atomic E-state index is 0.667. The SMILES string of the molecule is c1ccc2c(-n3c4ccccc4c4ccccc43)c3c4ccccc4n(-c4nc(-c5ccc6oc7ccccc7c6c5)nc5ccccc45)c3cc2c1. The Balaban J connectivity index is 1.23.